The van der Waals surface area contributed by atoms with Gasteiger partial charge in [-0.1, -0.05) is 90.2 Å². The highest BCUT2D eigenvalue weighted by Crippen LogP contribution is 2.39. The molecule has 1 aliphatic rings. The summed E-state index contributed by atoms with van der Waals surface area (Å²) < 4.78 is 17.5. The molecule has 1 amide bonds. The first-order valence-electron chi connectivity index (χ1n) is 12.3. The number of esters is 1. The Morgan fingerprint density at radius 1 is 0.974 bits per heavy atom. The standard InChI is InChI=1S/C30H29NO5S2/c1-4-34-25-17-21(14-15-24(25)36-19-22-11-9-10-20(3)16-22)18-26-28(32)31(30(37)38-26)27(29(33)35-5-2)23-12-7-6-8-13-23/h6-18,27H,4-5,19H2,1-3H3/b26-18+. The van der Waals surface area contributed by atoms with Crippen molar-refractivity contribution in [3.63, 3.8) is 0 Å². The van der Waals surface area contributed by atoms with E-state index < -0.39 is 12.0 Å². The second-order valence-electron chi connectivity index (χ2n) is 8.53. The number of thioether (sulfide) groups is 1. The predicted molar refractivity (Wildman–Crippen MR) is 154 cm³/mol. The number of carbonyl (C=O) groups excluding carboxylic acids is 2. The van der Waals surface area contributed by atoms with Gasteiger partial charge in [0, 0.05) is 0 Å². The normalized spacial score (nSPS) is 15.0. The van der Waals surface area contributed by atoms with E-state index in [1.165, 1.54) is 10.5 Å². The van der Waals surface area contributed by atoms with Gasteiger partial charge in [-0.25, -0.2) is 4.79 Å². The summed E-state index contributed by atoms with van der Waals surface area (Å²) in [5, 5.41) is 0. The molecule has 1 atom stereocenters. The van der Waals surface area contributed by atoms with Crippen LogP contribution in [-0.2, 0) is 20.9 Å². The monoisotopic (exact) mass is 547 g/mol. The van der Waals surface area contributed by atoms with Crippen molar-refractivity contribution in [3.05, 3.63) is 100.0 Å². The third-order valence-electron chi connectivity index (χ3n) is 5.75. The Hall–Kier alpha value is -3.62. The molecule has 0 N–H and O–H groups in total. The fraction of sp³-hybridized carbons (Fsp3) is 0.233. The first kappa shape index (κ1) is 27.4. The number of thiocarbonyl (C=S) groups is 1. The molecule has 0 aliphatic carbocycles. The zero-order valence-electron chi connectivity index (χ0n) is 21.5. The minimum Gasteiger partial charge on any atom is -0.490 e. The molecule has 3 aromatic carbocycles. The van der Waals surface area contributed by atoms with Crippen molar-refractivity contribution in [1.29, 1.82) is 0 Å². The third kappa shape index (κ3) is 6.44. The summed E-state index contributed by atoms with van der Waals surface area (Å²) in [7, 11) is 0. The molecule has 6 nitrogen and oxygen atoms in total. The highest BCUT2D eigenvalue weighted by molar-refractivity contribution is 8.26. The van der Waals surface area contributed by atoms with Crippen LogP contribution in [0.4, 0.5) is 0 Å². The number of carbonyl (C=O) groups is 2. The quantitative estimate of drug-likeness (QED) is 0.164. The summed E-state index contributed by atoms with van der Waals surface area (Å²) in [6.07, 6.45) is 1.75. The number of hydrogen-bond donors (Lipinski definition) is 0. The topological polar surface area (TPSA) is 65.1 Å². The molecule has 0 bridgehead atoms. The molecule has 8 heteroatoms. The van der Waals surface area contributed by atoms with E-state index in [2.05, 4.69) is 6.07 Å². The Kier molecular flexibility index (Phi) is 9.20. The summed E-state index contributed by atoms with van der Waals surface area (Å²) in [5.74, 6) is 0.326. The van der Waals surface area contributed by atoms with Crippen molar-refractivity contribution in [3.8, 4) is 11.5 Å². The van der Waals surface area contributed by atoms with E-state index in [1.54, 1.807) is 25.1 Å². The summed E-state index contributed by atoms with van der Waals surface area (Å²) in [6.45, 7) is 6.75. The number of nitrogens with zero attached hydrogens (tertiary/aromatic N) is 1. The minimum atomic E-state index is -0.953. The molecule has 38 heavy (non-hydrogen) atoms. The number of hydrogen-bond acceptors (Lipinski definition) is 7. The fourth-order valence-corrected chi connectivity index (χ4v) is 5.38. The van der Waals surface area contributed by atoms with Crippen LogP contribution in [0.1, 0.15) is 42.1 Å². The molecule has 1 aliphatic heterocycles. The molecule has 3 aromatic rings. The Balaban J connectivity index is 1.58. The first-order valence-corrected chi connectivity index (χ1v) is 13.6. The van der Waals surface area contributed by atoms with E-state index in [9.17, 15) is 9.59 Å². The van der Waals surface area contributed by atoms with Crippen molar-refractivity contribution in [2.75, 3.05) is 13.2 Å². The van der Waals surface area contributed by atoms with E-state index in [0.717, 1.165) is 22.9 Å². The van der Waals surface area contributed by atoms with Crippen LogP contribution in [0.3, 0.4) is 0 Å². The lowest BCUT2D eigenvalue weighted by Crippen LogP contribution is -2.38. The van der Waals surface area contributed by atoms with Gasteiger partial charge in [-0.3, -0.25) is 9.69 Å². The molecule has 0 radical (unpaired) electrons. The number of aryl methyl sites for hydroxylation is 1. The number of amides is 1. The molecule has 0 spiro atoms. The maximum atomic E-state index is 13.5. The molecular formula is C30H29NO5S2. The summed E-state index contributed by atoms with van der Waals surface area (Å²) in [5.41, 5.74) is 3.62. The van der Waals surface area contributed by atoms with Gasteiger partial charge < -0.3 is 14.2 Å². The van der Waals surface area contributed by atoms with Crippen LogP contribution in [0.5, 0.6) is 11.5 Å². The van der Waals surface area contributed by atoms with Gasteiger partial charge in [-0.2, -0.15) is 0 Å². The van der Waals surface area contributed by atoms with Gasteiger partial charge in [0.25, 0.3) is 5.91 Å². The van der Waals surface area contributed by atoms with Crippen LogP contribution in [0.15, 0.2) is 77.7 Å². The number of benzene rings is 3. The number of ether oxygens (including phenoxy) is 3. The van der Waals surface area contributed by atoms with Crippen molar-refractivity contribution in [1.82, 2.24) is 4.90 Å². The maximum Gasteiger partial charge on any atom is 0.333 e. The lowest BCUT2D eigenvalue weighted by molar-refractivity contribution is -0.151. The fourth-order valence-electron chi connectivity index (χ4n) is 4.07. The molecule has 0 aromatic heterocycles. The lowest BCUT2D eigenvalue weighted by atomic mass is 10.1. The van der Waals surface area contributed by atoms with E-state index >= 15 is 0 Å². The maximum absolute atomic E-state index is 13.5. The van der Waals surface area contributed by atoms with E-state index in [0.29, 0.717) is 39.5 Å². The van der Waals surface area contributed by atoms with Crippen molar-refractivity contribution < 1.29 is 23.8 Å². The smallest absolute Gasteiger partial charge is 0.333 e. The van der Waals surface area contributed by atoms with Crippen LogP contribution in [-0.4, -0.2) is 34.3 Å². The Bertz CT molecular complexity index is 1360. The second-order valence-corrected chi connectivity index (χ2v) is 10.2. The highest BCUT2D eigenvalue weighted by Gasteiger charge is 2.42. The SMILES string of the molecule is CCOC(=O)C(c1ccccc1)N1C(=O)/C(=C\c2ccc(OCc3cccc(C)c3)c(OCC)c2)SC1=S. The van der Waals surface area contributed by atoms with Crippen LogP contribution in [0.2, 0.25) is 0 Å². The van der Waals surface area contributed by atoms with Gasteiger partial charge in [0.2, 0.25) is 0 Å². The first-order chi connectivity index (χ1) is 18.4. The molecule has 1 heterocycles. The highest BCUT2D eigenvalue weighted by atomic mass is 32.2. The third-order valence-corrected chi connectivity index (χ3v) is 7.08. The molecule has 4 rings (SSSR count). The van der Waals surface area contributed by atoms with E-state index in [1.807, 2.05) is 68.4 Å². The van der Waals surface area contributed by atoms with Crippen LogP contribution < -0.4 is 9.47 Å². The molecular weight excluding hydrogens is 518 g/mol. The molecule has 1 fully saturated rings. The largest absolute Gasteiger partial charge is 0.490 e. The average molecular weight is 548 g/mol. The summed E-state index contributed by atoms with van der Waals surface area (Å²) in [6, 6.07) is 21.8. The van der Waals surface area contributed by atoms with Crippen molar-refractivity contribution in [2.45, 2.75) is 33.4 Å². The Morgan fingerprint density at radius 3 is 2.47 bits per heavy atom. The van der Waals surface area contributed by atoms with Gasteiger partial charge in [-0.15, -0.1) is 0 Å². The number of rotatable bonds is 10. The summed E-state index contributed by atoms with van der Waals surface area (Å²) >= 11 is 6.70. The van der Waals surface area contributed by atoms with Gasteiger partial charge in [-0.05, 0) is 55.7 Å². The van der Waals surface area contributed by atoms with Gasteiger partial charge >= 0.3 is 5.97 Å². The predicted octanol–water partition coefficient (Wildman–Crippen LogP) is 6.48. The minimum absolute atomic E-state index is 0.200. The van der Waals surface area contributed by atoms with Crippen LogP contribution in [0, 0.1) is 6.92 Å². The lowest BCUT2D eigenvalue weighted by Gasteiger charge is -2.25. The second kappa shape index (κ2) is 12.8. The van der Waals surface area contributed by atoms with Crippen molar-refractivity contribution in [2.24, 2.45) is 0 Å². The van der Waals surface area contributed by atoms with Gasteiger partial charge in [0.05, 0.1) is 18.1 Å². The average Bonchev–Trinajstić information content (AvgIpc) is 3.17. The van der Waals surface area contributed by atoms with E-state index in [4.69, 9.17) is 26.4 Å². The molecule has 196 valence electrons. The molecule has 0 saturated carbocycles. The Morgan fingerprint density at radius 2 is 1.76 bits per heavy atom. The zero-order valence-corrected chi connectivity index (χ0v) is 23.1. The van der Waals surface area contributed by atoms with Gasteiger partial charge in [0.15, 0.2) is 17.5 Å². The van der Waals surface area contributed by atoms with Crippen molar-refractivity contribution >= 4 is 46.3 Å². The Labute approximate surface area is 232 Å². The zero-order chi connectivity index (χ0) is 27.1. The van der Waals surface area contributed by atoms with E-state index in [-0.39, 0.29) is 12.5 Å². The molecule has 1 saturated heterocycles. The van der Waals surface area contributed by atoms with Gasteiger partial charge in [0.1, 0.15) is 10.9 Å². The van der Waals surface area contributed by atoms with Crippen LogP contribution in [0.25, 0.3) is 6.08 Å². The molecule has 1 unspecified atom stereocenters. The summed E-state index contributed by atoms with van der Waals surface area (Å²) in [4.78, 5) is 28.1. The van der Waals surface area contributed by atoms with Crippen LogP contribution >= 0.6 is 24.0 Å².